The van der Waals surface area contributed by atoms with Crippen LogP contribution in [0.2, 0.25) is 0 Å². The Kier molecular flexibility index (Phi) is 7.90. The molecule has 0 amide bonds. The van der Waals surface area contributed by atoms with Crippen molar-refractivity contribution < 1.29 is 0 Å². The number of fused-ring (bicyclic) bond motifs is 8. The first-order chi connectivity index (χ1) is 28.0. The number of hydrogen-bond acceptors (Lipinski definition) is 3. The zero-order valence-electron chi connectivity index (χ0n) is 32.6. The van der Waals surface area contributed by atoms with Crippen molar-refractivity contribution in [3.63, 3.8) is 0 Å². The first-order valence-electron chi connectivity index (χ1n) is 20.7. The Morgan fingerprint density at radius 3 is 1.63 bits per heavy atom. The third-order valence-electron chi connectivity index (χ3n) is 13.6. The Bertz CT molecular complexity index is 2690. The molecule has 0 aliphatic heterocycles. The molecule has 1 aromatic heterocycles. The standard InChI is InChI=1S/C54H45N3/c1-53(2)47-32-40(26-27-43(47)44-34-49-45(33-48(44)53)42-24-10-11-25-46(42)54(49)28-12-5-13-29-54)38-21-14-20-37(30-38)39-22-15-23-41(31-39)52-56-50(35-16-6-3-7-17-35)55-51(57-52)36-18-8-4-9-19-36/h3-4,6-11,14-27,30-34,45,49H,5,12-13,28-29H2,1-2H3. The van der Waals surface area contributed by atoms with Gasteiger partial charge in [0.2, 0.25) is 0 Å². The molecule has 2 atom stereocenters. The van der Waals surface area contributed by atoms with Crippen LogP contribution in [0.5, 0.6) is 0 Å². The molecule has 7 aromatic rings. The summed E-state index contributed by atoms with van der Waals surface area (Å²) in [5.41, 5.74) is 16.9. The molecule has 1 spiro atoms. The van der Waals surface area contributed by atoms with Crippen molar-refractivity contribution in [3.05, 3.63) is 192 Å². The van der Waals surface area contributed by atoms with Crippen molar-refractivity contribution in [1.29, 1.82) is 0 Å². The smallest absolute Gasteiger partial charge is 0.164 e. The minimum Gasteiger partial charge on any atom is -0.208 e. The summed E-state index contributed by atoms with van der Waals surface area (Å²) in [4.78, 5) is 14.9. The number of hydrogen-bond donors (Lipinski definition) is 0. The van der Waals surface area contributed by atoms with E-state index in [1.54, 1.807) is 11.1 Å². The van der Waals surface area contributed by atoms with Gasteiger partial charge in [-0.2, -0.15) is 0 Å². The molecule has 276 valence electrons. The van der Waals surface area contributed by atoms with Crippen LogP contribution < -0.4 is 0 Å². The van der Waals surface area contributed by atoms with Gasteiger partial charge >= 0.3 is 0 Å². The van der Waals surface area contributed by atoms with Gasteiger partial charge in [-0.1, -0.05) is 179 Å². The molecule has 57 heavy (non-hydrogen) atoms. The lowest BCUT2D eigenvalue weighted by Crippen LogP contribution is -2.35. The van der Waals surface area contributed by atoms with E-state index in [0.29, 0.717) is 29.3 Å². The molecule has 0 radical (unpaired) electrons. The monoisotopic (exact) mass is 735 g/mol. The van der Waals surface area contributed by atoms with Crippen molar-refractivity contribution in [3.8, 4) is 56.4 Å². The van der Waals surface area contributed by atoms with Crippen LogP contribution in [0.25, 0.3) is 62.0 Å². The first-order valence-corrected chi connectivity index (χ1v) is 20.7. The van der Waals surface area contributed by atoms with Crippen LogP contribution in [0.4, 0.5) is 0 Å². The van der Waals surface area contributed by atoms with Crippen LogP contribution >= 0.6 is 0 Å². The highest BCUT2D eigenvalue weighted by Gasteiger charge is 2.53. The van der Waals surface area contributed by atoms with Crippen LogP contribution in [0.15, 0.2) is 169 Å². The molecule has 3 nitrogen and oxygen atoms in total. The fraction of sp³-hybridized carbons (Fsp3) is 0.204. The second kappa shape index (κ2) is 13.2. The zero-order valence-corrected chi connectivity index (χ0v) is 32.6. The average Bonchev–Trinajstić information content (AvgIpc) is 3.66. The lowest BCUT2D eigenvalue weighted by molar-refractivity contribution is 0.233. The summed E-state index contributed by atoms with van der Waals surface area (Å²) >= 11 is 0. The maximum atomic E-state index is 5.00. The fourth-order valence-corrected chi connectivity index (χ4v) is 10.8. The van der Waals surface area contributed by atoms with E-state index >= 15 is 0 Å². The van der Waals surface area contributed by atoms with E-state index in [1.807, 2.05) is 36.4 Å². The minimum absolute atomic E-state index is 0.0763. The van der Waals surface area contributed by atoms with Gasteiger partial charge in [-0.05, 0) is 92.6 Å². The Labute approximate surface area is 336 Å². The highest BCUT2D eigenvalue weighted by Crippen LogP contribution is 2.63. The average molecular weight is 736 g/mol. The van der Waals surface area contributed by atoms with Crippen LogP contribution in [-0.2, 0) is 10.8 Å². The van der Waals surface area contributed by atoms with E-state index in [4.69, 9.17) is 15.0 Å². The van der Waals surface area contributed by atoms with E-state index in [2.05, 4.69) is 141 Å². The number of rotatable bonds is 5. The summed E-state index contributed by atoms with van der Waals surface area (Å²) in [5, 5.41) is 0. The molecular weight excluding hydrogens is 691 g/mol. The van der Waals surface area contributed by atoms with E-state index in [1.165, 1.54) is 65.5 Å². The predicted octanol–water partition coefficient (Wildman–Crippen LogP) is 13.4. The molecule has 2 unspecified atom stereocenters. The third-order valence-corrected chi connectivity index (χ3v) is 13.6. The summed E-state index contributed by atoms with van der Waals surface area (Å²) in [6, 6.07) is 54.6. The Hall–Kier alpha value is -6.19. The Morgan fingerprint density at radius 1 is 0.456 bits per heavy atom. The van der Waals surface area contributed by atoms with Gasteiger partial charge in [-0.15, -0.1) is 0 Å². The first kappa shape index (κ1) is 34.1. The molecule has 11 rings (SSSR count). The molecule has 0 bridgehead atoms. The molecule has 0 N–H and O–H groups in total. The van der Waals surface area contributed by atoms with Gasteiger partial charge in [-0.25, -0.2) is 15.0 Å². The summed E-state index contributed by atoms with van der Waals surface area (Å²) in [7, 11) is 0. The molecule has 4 aliphatic carbocycles. The highest BCUT2D eigenvalue weighted by molar-refractivity contribution is 5.93. The van der Waals surface area contributed by atoms with Crippen molar-refractivity contribution in [2.75, 3.05) is 0 Å². The summed E-state index contributed by atoms with van der Waals surface area (Å²) < 4.78 is 0. The SMILES string of the molecule is CC1(C)C2=CC3c4ccccc4C4(CCCCC4)C3C=C2c2ccc(-c3cccc(-c4cccc(-c5nc(-c6ccccc6)nc(-c6ccccc6)n5)c4)c3)cc21. The quantitative estimate of drug-likeness (QED) is 0.177. The van der Waals surface area contributed by atoms with Gasteiger partial charge in [0.15, 0.2) is 17.5 Å². The molecule has 6 aromatic carbocycles. The van der Waals surface area contributed by atoms with Gasteiger partial charge in [0.25, 0.3) is 0 Å². The molecular formula is C54H45N3. The van der Waals surface area contributed by atoms with E-state index in [-0.39, 0.29) is 10.8 Å². The van der Waals surface area contributed by atoms with Gasteiger partial charge < -0.3 is 0 Å². The number of benzene rings is 6. The summed E-state index contributed by atoms with van der Waals surface area (Å²) in [6.07, 6.45) is 12.1. The lowest BCUT2D eigenvalue weighted by Gasteiger charge is -2.41. The van der Waals surface area contributed by atoms with E-state index < -0.39 is 0 Å². The van der Waals surface area contributed by atoms with Crippen LogP contribution in [-0.4, -0.2) is 15.0 Å². The number of allylic oxidation sites excluding steroid dienone is 4. The summed E-state index contributed by atoms with van der Waals surface area (Å²) in [6.45, 7) is 4.88. The largest absolute Gasteiger partial charge is 0.208 e. The molecule has 1 saturated carbocycles. The third kappa shape index (κ3) is 5.51. The molecule has 1 heterocycles. The predicted molar refractivity (Wildman–Crippen MR) is 234 cm³/mol. The van der Waals surface area contributed by atoms with Crippen LogP contribution in [0.3, 0.4) is 0 Å². The lowest BCUT2D eigenvalue weighted by atomic mass is 9.62. The Balaban J connectivity index is 0.948. The molecule has 0 saturated heterocycles. The zero-order chi connectivity index (χ0) is 38.1. The topological polar surface area (TPSA) is 38.7 Å². The fourth-order valence-electron chi connectivity index (χ4n) is 10.8. The minimum atomic E-state index is -0.0763. The maximum Gasteiger partial charge on any atom is 0.164 e. The van der Waals surface area contributed by atoms with Crippen molar-refractivity contribution in [1.82, 2.24) is 15.0 Å². The summed E-state index contributed by atoms with van der Waals surface area (Å²) in [5.74, 6) is 2.99. The second-order valence-corrected chi connectivity index (χ2v) is 17.1. The number of nitrogens with zero attached hydrogens (tertiary/aromatic N) is 3. The van der Waals surface area contributed by atoms with Crippen LogP contribution in [0.1, 0.15) is 74.1 Å². The maximum absolute atomic E-state index is 5.00. The second-order valence-electron chi connectivity index (χ2n) is 17.1. The number of aromatic nitrogens is 3. The molecule has 1 fully saturated rings. The van der Waals surface area contributed by atoms with Crippen molar-refractivity contribution >= 4 is 5.57 Å². The molecule has 3 heteroatoms. The van der Waals surface area contributed by atoms with E-state index in [0.717, 1.165) is 27.8 Å². The van der Waals surface area contributed by atoms with Gasteiger partial charge in [0, 0.05) is 33.4 Å². The van der Waals surface area contributed by atoms with Crippen molar-refractivity contribution in [2.45, 2.75) is 62.7 Å². The Morgan fingerprint density at radius 2 is 0.982 bits per heavy atom. The van der Waals surface area contributed by atoms with Gasteiger partial charge in [0.1, 0.15) is 0 Å². The van der Waals surface area contributed by atoms with Gasteiger partial charge in [0.05, 0.1) is 0 Å². The van der Waals surface area contributed by atoms with E-state index in [9.17, 15) is 0 Å². The molecule has 4 aliphatic rings. The van der Waals surface area contributed by atoms with Crippen LogP contribution in [0, 0.1) is 5.92 Å². The van der Waals surface area contributed by atoms with Crippen molar-refractivity contribution in [2.24, 2.45) is 5.92 Å². The van der Waals surface area contributed by atoms with Gasteiger partial charge in [-0.3, -0.25) is 0 Å². The normalized spacial score (nSPS) is 19.5. The highest BCUT2D eigenvalue weighted by atomic mass is 15.0.